The second kappa shape index (κ2) is 6.33. The molecule has 0 radical (unpaired) electrons. The van der Waals surface area contributed by atoms with Gasteiger partial charge in [0.05, 0.1) is 6.61 Å². The Morgan fingerprint density at radius 2 is 2.21 bits per heavy atom. The normalized spacial score (nSPS) is 10.5. The molecule has 0 saturated heterocycles. The van der Waals surface area contributed by atoms with Crippen molar-refractivity contribution in [1.29, 1.82) is 0 Å². The Labute approximate surface area is 116 Å². The molecular weight excluding hydrogens is 268 g/mol. The minimum Gasteiger partial charge on any atom is -0.464 e. The van der Waals surface area contributed by atoms with Crippen LogP contribution in [-0.2, 0) is 13.5 Å². The van der Waals surface area contributed by atoms with Gasteiger partial charge in [0.25, 0.3) is 0 Å². The number of ether oxygens (including phenoxy) is 1. The standard InChI is InChI=1S/C11H15ClN6O/c1-3-19-11-16-9(12)15-10(17-11)14-5-4-8-13-6-7-18(8)2/h6-7H,3-5H2,1-2H3,(H,14,15,16,17). The van der Waals surface area contributed by atoms with Crippen molar-refractivity contribution in [3.63, 3.8) is 0 Å². The van der Waals surface area contributed by atoms with Crippen LogP contribution in [0, 0.1) is 0 Å². The fourth-order valence-electron chi connectivity index (χ4n) is 1.53. The van der Waals surface area contributed by atoms with Crippen LogP contribution in [0.25, 0.3) is 0 Å². The van der Waals surface area contributed by atoms with Crippen LogP contribution in [0.15, 0.2) is 12.4 Å². The average Bonchev–Trinajstić information content (AvgIpc) is 2.75. The highest BCUT2D eigenvalue weighted by molar-refractivity contribution is 6.28. The van der Waals surface area contributed by atoms with Crippen LogP contribution in [-0.4, -0.2) is 37.7 Å². The number of imidazole rings is 1. The molecule has 102 valence electrons. The number of rotatable bonds is 6. The first kappa shape index (κ1) is 13.5. The van der Waals surface area contributed by atoms with Crippen molar-refractivity contribution in [2.24, 2.45) is 7.05 Å². The lowest BCUT2D eigenvalue weighted by Gasteiger charge is -2.06. The lowest BCUT2D eigenvalue weighted by atomic mass is 10.4. The van der Waals surface area contributed by atoms with Crippen molar-refractivity contribution >= 4 is 17.5 Å². The van der Waals surface area contributed by atoms with Gasteiger partial charge in [-0.1, -0.05) is 0 Å². The maximum absolute atomic E-state index is 5.79. The van der Waals surface area contributed by atoms with Crippen LogP contribution in [0.1, 0.15) is 12.7 Å². The van der Waals surface area contributed by atoms with Crippen LogP contribution < -0.4 is 10.1 Å². The molecule has 19 heavy (non-hydrogen) atoms. The van der Waals surface area contributed by atoms with E-state index < -0.39 is 0 Å². The van der Waals surface area contributed by atoms with E-state index in [0.717, 1.165) is 12.2 Å². The summed E-state index contributed by atoms with van der Waals surface area (Å²) < 4.78 is 7.16. The van der Waals surface area contributed by atoms with Gasteiger partial charge in [-0.05, 0) is 18.5 Å². The maximum Gasteiger partial charge on any atom is 0.322 e. The Morgan fingerprint density at radius 1 is 1.37 bits per heavy atom. The molecule has 0 fully saturated rings. The molecule has 0 spiro atoms. The van der Waals surface area contributed by atoms with Crippen molar-refractivity contribution < 1.29 is 4.74 Å². The molecule has 2 rings (SSSR count). The smallest absolute Gasteiger partial charge is 0.322 e. The number of nitrogens with zero attached hydrogens (tertiary/aromatic N) is 5. The first-order chi connectivity index (χ1) is 9.19. The van der Waals surface area contributed by atoms with Gasteiger partial charge in [0.1, 0.15) is 5.82 Å². The van der Waals surface area contributed by atoms with Crippen LogP contribution in [0.2, 0.25) is 5.28 Å². The number of hydrogen-bond donors (Lipinski definition) is 1. The van der Waals surface area contributed by atoms with Gasteiger partial charge in [0, 0.05) is 32.4 Å². The Bertz CT molecular complexity index is 544. The summed E-state index contributed by atoms with van der Waals surface area (Å²) in [5.41, 5.74) is 0. The summed E-state index contributed by atoms with van der Waals surface area (Å²) in [5.74, 6) is 1.38. The number of anilines is 1. The number of nitrogens with one attached hydrogen (secondary N) is 1. The highest BCUT2D eigenvalue weighted by Crippen LogP contribution is 2.11. The minimum atomic E-state index is 0.109. The molecule has 2 aromatic rings. The third-order valence-corrected chi connectivity index (χ3v) is 2.58. The molecule has 0 aromatic carbocycles. The third-order valence-electron chi connectivity index (χ3n) is 2.41. The third kappa shape index (κ3) is 3.78. The van der Waals surface area contributed by atoms with E-state index in [1.807, 2.05) is 24.7 Å². The van der Waals surface area contributed by atoms with Crippen LogP contribution in [0.4, 0.5) is 5.95 Å². The first-order valence-corrected chi connectivity index (χ1v) is 6.31. The lowest BCUT2D eigenvalue weighted by Crippen LogP contribution is -2.12. The largest absolute Gasteiger partial charge is 0.464 e. The summed E-state index contributed by atoms with van der Waals surface area (Å²) in [6.45, 7) is 2.98. The molecule has 8 heteroatoms. The molecule has 0 amide bonds. The molecule has 0 atom stereocenters. The van der Waals surface area contributed by atoms with Gasteiger partial charge >= 0.3 is 6.01 Å². The van der Waals surface area contributed by atoms with Gasteiger partial charge in [0.15, 0.2) is 0 Å². The summed E-state index contributed by atoms with van der Waals surface area (Å²) >= 11 is 5.79. The van der Waals surface area contributed by atoms with Crippen LogP contribution in [0.5, 0.6) is 6.01 Å². The first-order valence-electron chi connectivity index (χ1n) is 5.93. The van der Waals surface area contributed by atoms with Gasteiger partial charge in [-0.25, -0.2) is 4.98 Å². The maximum atomic E-state index is 5.79. The molecule has 2 heterocycles. The average molecular weight is 283 g/mol. The summed E-state index contributed by atoms with van der Waals surface area (Å²) in [6.07, 6.45) is 4.43. The van der Waals surface area contributed by atoms with E-state index in [1.54, 1.807) is 6.20 Å². The van der Waals surface area contributed by atoms with E-state index in [2.05, 4.69) is 25.3 Å². The summed E-state index contributed by atoms with van der Waals surface area (Å²) in [4.78, 5) is 16.2. The Hall–Kier alpha value is -1.89. The van der Waals surface area contributed by atoms with E-state index in [0.29, 0.717) is 19.1 Å². The van der Waals surface area contributed by atoms with Gasteiger partial charge < -0.3 is 14.6 Å². The summed E-state index contributed by atoms with van der Waals surface area (Å²) in [5, 5.41) is 3.18. The zero-order valence-corrected chi connectivity index (χ0v) is 11.6. The topological polar surface area (TPSA) is 77.8 Å². The number of hydrogen-bond acceptors (Lipinski definition) is 6. The molecule has 0 unspecified atom stereocenters. The van der Waals surface area contributed by atoms with Gasteiger partial charge in [-0.3, -0.25) is 0 Å². The minimum absolute atomic E-state index is 0.109. The van der Waals surface area contributed by atoms with Crippen molar-refractivity contribution in [2.45, 2.75) is 13.3 Å². The molecular formula is C11H15ClN6O. The van der Waals surface area contributed by atoms with Crippen LogP contribution in [0.3, 0.4) is 0 Å². The molecule has 0 bridgehead atoms. The number of halogens is 1. The van der Waals surface area contributed by atoms with Gasteiger partial charge in [0.2, 0.25) is 11.2 Å². The lowest BCUT2D eigenvalue weighted by molar-refractivity contribution is 0.312. The highest BCUT2D eigenvalue weighted by atomic mass is 35.5. The Morgan fingerprint density at radius 3 is 2.89 bits per heavy atom. The van der Waals surface area contributed by atoms with E-state index in [1.165, 1.54) is 0 Å². The van der Waals surface area contributed by atoms with Gasteiger partial charge in [-0.2, -0.15) is 15.0 Å². The van der Waals surface area contributed by atoms with Crippen LogP contribution >= 0.6 is 11.6 Å². The monoisotopic (exact) mass is 282 g/mol. The van der Waals surface area contributed by atoms with Crippen molar-refractivity contribution in [3.8, 4) is 6.01 Å². The summed E-state index contributed by atoms with van der Waals surface area (Å²) in [7, 11) is 1.95. The Balaban J connectivity index is 1.94. The molecule has 0 saturated carbocycles. The molecule has 1 N–H and O–H groups in total. The van der Waals surface area contributed by atoms with E-state index >= 15 is 0 Å². The molecule has 0 aliphatic heterocycles. The second-order valence-corrected chi connectivity index (χ2v) is 4.11. The fraction of sp³-hybridized carbons (Fsp3) is 0.455. The van der Waals surface area contributed by atoms with E-state index in [4.69, 9.17) is 16.3 Å². The van der Waals surface area contributed by atoms with Crippen molar-refractivity contribution in [2.75, 3.05) is 18.5 Å². The predicted octanol–water partition coefficient (Wildman–Crippen LogP) is 1.31. The zero-order chi connectivity index (χ0) is 13.7. The molecule has 2 aromatic heterocycles. The second-order valence-electron chi connectivity index (χ2n) is 3.77. The zero-order valence-electron chi connectivity index (χ0n) is 10.8. The number of aromatic nitrogens is 5. The van der Waals surface area contributed by atoms with E-state index in [9.17, 15) is 0 Å². The highest BCUT2D eigenvalue weighted by Gasteiger charge is 2.06. The quantitative estimate of drug-likeness (QED) is 0.861. The molecule has 0 aliphatic rings. The van der Waals surface area contributed by atoms with Crippen molar-refractivity contribution in [1.82, 2.24) is 24.5 Å². The molecule has 0 aliphatic carbocycles. The fourth-order valence-corrected chi connectivity index (χ4v) is 1.68. The SMILES string of the molecule is CCOc1nc(Cl)nc(NCCc2nccn2C)n1. The van der Waals surface area contributed by atoms with E-state index in [-0.39, 0.29) is 11.3 Å². The predicted molar refractivity (Wildman–Crippen MR) is 71.4 cm³/mol. The van der Waals surface area contributed by atoms with Crippen molar-refractivity contribution in [3.05, 3.63) is 23.5 Å². The molecule has 7 nitrogen and oxygen atoms in total. The Kier molecular flexibility index (Phi) is 4.51. The number of aryl methyl sites for hydroxylation is 1. The van der Waals surface area contributed by atoms with Gasteiger partial charge in [-0.15, -0.1) is 0 Å². The summed E-state index contributed by atoms with van der Waals surface area (Å²) in [6, 6.07) is 0.224.